The first-order chi connectivity index (χ1) is 18.1. The highest BCUT2D eigenvalue weighted by Gasteiger charge is 2.36. The number of halogens is 4. The summed E-state index contributed by atoms with van der Waals surface area (Å²) in [4.78, 5) is 22.1. The predicted octanol–water partition coefficient (Wildman–Crippen LogP) is 5.36. The molecular formula is C27H27F4N5OS. The van der Waals surface area contributed by atoms with E-state index >= 15 is 4.39 Å². The maximum Gasteiger partial charge on any atom is 0.417 e. The number of thiol groups is 1. The number of piperidine rings is 1. The van der Waals surface area contributed by atoms with Gasteiger partial charge in [-0.25, -0.2) is 9.37 Å². The molecule has 6 nitrogen and oxygen atoms in total. The zero-order valence-corrected chi connectivity index (χ0v) is 21.4. The van der Waals surface area contributed by atoms with Crippen LogP contribution in [0.1, 0.15) is 28.2 Å². The topological polar surface area (TPSA) is 70.1 Å². The van der Waals surface area contributed by atoms with Crippen LogP contribution in [0.3, 0.4) is 0 Å². The van der Waals surface area contributed by atoms with Crippen molar-refractivity contribution in [2.75, 3.05) is 25.5 Å². The van der Waals surface area contributed by atoms with Gasteiger partial charge in [-0.05, 0) is 43.8 Å². The lowest BCUT2D eigenvalue weighted by molar-refractivity contribution is -0.0688. The van der Waals surface area contributed by atoms with Crippen LogP contribution in [0.2, 0.25) is 0 Å². The van der Waals surface area contributed by atoms with Crippen molar-refractivity contribution in [1.82, 2.24) is 20.2 Å². The molecule has 0 spiro atoms. The Balaban J connectivity index is 1.65. The number of hydrogen-bond donors (Lipinski definition) is 3. The van der Waals surface area contributed by atoms with Crippen LogP contribution in [0.5, 0.6) is 0 Å². The third kappa shape index (κ3) is 6.16. The zero-order chi connectivity index (χ0) is 27.4. The smallest absolute Gasteiger partial charge is 0.379 e. The van der Waals surface area contributed by atoms with Gasteiger partial charge in [0.2, 0.25) is 0 Å². The molecule has 2 unspecified atom stereocenters. The maximum atomic E-state index is 15.0. The maximum absolute atomic E-state index is 15.0. The largest absolute Gasteiger partial charge is 0.417 e. The molecule has 38 heavy (non-hydrogen) atoms. The number of nitrogens with one attached hydrogen (secondary N) is 2. The van der Waals surface area contributed by atoms with E-state index in [1.54, 1.807) is 54.6 Å². The monoisotopic (exact) mass is 545 g/mol. The fourth-order valence-corrected chi connectivity index (χ4v) is 4.56. The molecule has 1 saturated heterocycles. The number of rotatable bonds is 7. The third-order valence-corrected chi connectivity index (χ3v) is 7.05. The summed E-state index contributed by atoms with van der Waals surface area (Å²) in [6.07, 6.45) is 0.594. The lowest BCUT2D eigenvalue weighted by Crippen LogP contribution is -2.51. The van der Waals surface area contributed by atoms with Crippen molar-refractivity contribution in [2.24, 2.45) is 0 Å². The van der Waals surface area contributed by atoms with Crippen molar-refractivity contribution in [3.8, 4) is 0 Å². The molecule has 1 aliphatic rings. The predicted molar refractivity (Wildman–Crippen MR) is 145 cm³/mol. The van der Waals surface area contributed by atoms with E-state index < -0.39 is 29.3 Å². The number of carbonyl (C=O) groups is 1. The van der Waals surface area contributed by atoms with Crippen molar-refractivity contribution < 1.29 is 22.4 Å². The average molecular weight is 546 g/mol. The fourth-order valence-electron chi connectivity index (χ4n) is 4.24. The molecule has 0 bridgehead atoms. The van der Waals surface area contributed by atoms with Gasteiger partial charge in [-0.1, -0.05) is 24.8 Å². The van der Waals surface area contributed by atoms with E-state index in [1.807, 2.05) is 0 Å². The van der Waals surface area contributed by atoms with Gasteiger partial charge in [-0.15, -0.1) is 0 Å². The molecule has 2 N–H and O–H groups in total. The van der Waals surface area contributed by atoms with Crippen molar-refractivity contribution in [3.05, 3.63) is 78.4 Å². The minimum absolute atomic E-state index is 0.116. The molecular weight excluding hydrogens is 518 g/mol. The summed E-state index contributed by atoms with van der Waals surface area (Å²) in [5.74, 6) is -0.340. The zero-order valence-electron chi connectivity index (χ0n) is 20.5. The molecule has 1 fully saturated rings. The number of aromatic nitrogens is 2. The molecule has 2 aromatic heterocycles. The van der Waals surface area contributed by atoms with Crippen LogP contribution in [0.4, 0.5) is 23.2 Å². The first-order valence-electron chi connectivity index (χ1n) is 11.9. The Morgan fingerprint density at radius 1 is 1.26 bits per heavy atom. The molecule has 3 heterocycles. The molecule has 0 saturated carbocycles. The van der Waals surface area contributed by atoms with Crippen LogP contribution in [0, 0.1) is 0 Å². The molecule has 3 atom stereocenters. The highest BCUT2D eigenvalue weighted by molar-refractivity contribution is 7.80. The first kappa shape index (κ1) is 27.6. The van der Waals surface area contributed by atoms with Crippen molar-refractivity contribution in [2.45, 2.75) is 30.2 Å². The summed E-state index contributed by atoms with van der Waals surface area (Å²) < 4.78 is 56.0. The van der Waals surface area contributed by atoms with Gasteiger partial charge in [0.25, 0.3) is 5.91 Å². The number of likely N-dealkylation sites (tertiary alicyclic amines) is 1. The lowest BCUT2D eigenvalue weighted by atomic mass is 9.99. The van der Waals surface area contributed by atoms with E-state index in [4.69, 9.17) is 0 Å². The van der Waals surface area contributed by atoms with Gasteiger partial charge in [0.05, 0.1) is 33.9 Å². The number of benzene rings is 1. The average Bonchev–Trinajstić information content (AvgIpc) is 2.90. The highest BCUT2D eigenvalue weighted by atomic mass is 32.1. The molecule has 11 heteroatoms. The number of hydrogen-bond acceptors (Lipinski definition) is 6. The van der Waals surface area contributed by atoms with Gasteiger partial charge in [0, 0.05) is 41.9 Å². The Hall–Kier alpha value is -3.44. The minimum Gasteiger partial charge on any atom is -0.379 e. The Bertz CT molecular complexity index is 1350. The number of amides is 1. The first-order valence-corrected chi connectivity index (χ1v) is 12.4. The number of allylic oxidation sites excluding steroid dienone is 1. The Morgan fingerprint density at radius 2 is 2.05 bits per heavy atom. The van der Waals surface area contributed by atoms with Crippen molar-refractivity contribution in [1.29, 1.82) is 0 Å². The van der Waals surface area contributed by atoms with E-state index in [-0.39, 0.29) is 29.2 Å². The fraction of sp³-hybridized carbons (Fsp3) is 0.296. The second-order valence-electron chi connectivity index (χ2n) is 9.00. The van der Waals surface area contributed by atoms with E-state index in [0.29, 0.717) is 29.6 Å². The van der Waals surface area contributed by atoms with Crippen LogP contribution < -0.4 is 10.6 Å². The van der Waals surface area contributed by atoms with Crippen LogP contribution in [0.25, 0.3) is 22.4 Å². The van der Waals surface area contributed by atoms with Crippen LogP contribution >= 0.6 is 12.6 Å². The molecule has 1 amide bonds. The summed E-state index contributed by atoms with van der Waals surface area (Å²) in [7, 11) is 1.79. The van der Waals surface area contributed by atoms with E-state index in [2.05, 4.69) is 39.8 Å². The number of alkyl halides is 4. The molecule has 200 valence electrons. The molecule has 1 aliphatic heterocycles. The number of pyridine rings is 2. The molecule has 1 aromatic carbocycles. The van der Waals surface area contributed by atoms with Crippen LogP contribution in [-0.2, 0) is 0 Å². The van der Waals surface area contributed by atoms with E-state index in [9.17, 15) is 18.0 Å². The molecule has 0 aliphatic carbocycles. The second kappa shape index (κ2) is 11.5. The van der Waals surface area contributed by atoms with Gasteiger partial charge >= 0.3 is 6.18 Å². The Morgan fingerprint density at radius 3 is 2.76 bits per heavy atom. The van der Waals surface area contributed by atoms with E-state index in [1.165, 1.54) is 18.3 Å². The number of carbonyl (C=O) groups excluding carboxylic acids is 1. The number of nitrogens with zero attached hydrogens (tertiary/aromatic N) is 3. The van der Waals surface area contributed by atoms with E-state index in [0.717, 1.165) is 0 Å². The van der Waals surface area contributed by atoms with Gasteiger partial charge in [0.15, 0.2) is 0 Å². The van der Waals surface area contributed by atoms with Crippen LogP contribution in [-0.4, -0.2) is 64.7 Å². The standard InChI is InChI=1S/C27H27F4N5OS/c1-16(27(29,30)31)24-19-8-3-9-21(35-22-10-13-36(2)26(38)23(22)28)20(19)14-18(34-24)7-5-12-33-25(37)17-6-4-11-32-15-17/h3-9,11,14-15,22-23,26,35,38H,1,10,12-13H2,2H3,(H,33,37)/b7-5+/t22-,23?,26?/m1/s1. The SMILES string of the molecule is C=C(c1nc(/C=C/CNC(=O)c2cccnc2)cc2c(N[C@@H]3CCN(C)C(S)C3F)cccc12)C(F)(F)F. The van der Waals surface area contributed by atoms with Crippen molar-refractivity contribution in [3.63, 3.8) is 0 Å². The summed E-state index contributed by atoms with van der Waals surface area (Å²) in [6.45, 7) is 3.98. The Kier molecular flexibility index (Phi) is 8.37. The van der Waals surface area contributed by atoms with Crippen LogP contribution in [0.15, 0.2) is 61.4 Å². The summed E-state index contributed by atoms with van der Waals surface area (Å²) in [5.41, 5.74) is -0.302. The number of fused-ring (bicyclic) bond motifs is 1. The van der Waals surface area contributed by atoms with Gasteiger partial charge in [-0.2, -0.15) is 25.8 Å². The van der Waals surface area contributed by atoms with Gasteiger partial charge in [-0.3, -0.25) is 14.7 Å². The summed E-state index contributed by atoms with van der Waals surface area (Å²) >= 11 is 4.35. The normalized spacial score (nSPS) is 20.5. The summed E-state index contributed by atoms with van der Waals surface area (Å²) in [6, 6.07) is 9.14. The minimum atomic E-state index is -4.69. The second-order valence-corrected chi connectivity index (χ2v) is 9.53. The van der Waals surface area contributed by atoms with Gasteiger partial charge in [0.1, 0.15) is 6.17 Å². The number of anilines is 1. The van der Waals surface area contributed by atoms with Crippen molar-refractivity contribution >= 4 is 46.6 Å². The molecule has 0 radical (unpaired) electrons. The quantitative estimate of drug-likeness (QED) is 0.276. The summed E-state index contributed by atoms with van der Waals surface area (Å²) in [5, 5.41) is 5.96. The van der Waals surface area contributed by atoms with Gasteiger partial charge < -0.3 is 10.6 Å². The molecule has 3 aromatic rings. The lowest BCUT2D eigenvalue weighted by Gasteiger charge is -2.38. The molecule has 4 rings (SSSR count). The highest BCUT2D eigenvalue weighted by Crippen LogP contribution is 2.38. The third-order valence-electron chi connectivity index (χ3n) is 6.37. The Labute approximate surface area is 223 Å².